The summed E-state index contributed by atoms with van der Waals surface area (Å²) in [5.41, 5.74) is 6.18. The number of anilines is 1. The Kier molecular flexibility index (Phi) is 4.48. The van der Waals surface area contributed by atoms with Gasteiger partial charge in [0.1, 0.15) is 0 Å². The van der Waals surface area contributed by atoms with Gasteiger partial charge in [-0.05, 0) is 43.4 Å². The van der Waals surface area contributed by atoms with Gasteiger partial charge in [0, 0.05) is 5.70 Å². The largest absolute Gasteiger partial charge is 0.416 e. The molecular weight excluding hydrogens is 289 g/mol. The number of benzene rings is 1. The van der Waals surface area contributed by atoms with Gasteiger partial charge in [-0.1, -0.05) is 24.6 Å². The molecule has 0 saturated carbocycles. The Labute approximate surface area is 121 Å². The molecule has 20 heavy (non-hydrogen) atoms. The smallest absolute Gasteiger partial charge is 0.305 e. The molecule has 1 aromatic rings. The number of hydrazine groups is 1. The van der Waals surface area contributed by atoms with Crippen LogP contribution in [0.1, 0.15) is 31.7 Å². The predicted molar refractivity (Wildman–Crippen MR) is 74.3 cm³/mol. The van der Waals surface area contributed by atoms with Crippen molar-refractivity contribution in [2.75, 3.05) is 5.43 Å². The molecule has 6 heteroatoms. The fraction of sp³-hybridized carbons (Fsp3) is 0.429. The zero-order valence-corrected chi connectivity index (χ0v) is 11.8. The Morgan fingerprint density at radius 2 is 2.00 bits per heavy atom. The van der Waals surface area contributed by atoms with Gasteiger partial charge in [-0.15, -0.1) is 0 Å². The summed E-state index contributed by atoms with van der Waals surface area (Å²) in [7, 11) is 0. The van der Waals surface area contributed by atoms with Crippen LogP contribution in [0.2, 0.25) is 5.02 Å². The Balaban J connectivity index is 2.06. The van der Waals surface area contributed by atoms with Gasteiger partial charge in [0.25, 0.3) is 0 Å². The predicted octanol–water partition coefficient (Wildman–Crippen LogP) is 4.98. The second-order valence-corrected chi connectivity index (χ2v) is 5.46. The van der Waals surface area contributed by atoms with Crippen LogP contribution in [-0.4, -0.2) is 0 Å². The van der Waals surface area contributed by atoms with Gasteiger partial charge < -0.3 is 5.43 Å². The van der Waals surface area contributed by atoms with Gasteiger partial charge in [-0.3, -0.25) is 5.43 Å². The summed E-state index contributed by atoms with van der Waals surface area (Å²) in [4.78, 5) is 0. The third-order valence-electron chi connectivity index (χ3n) is 3.32. The fourth-order valence-corrected chi connectivity index (χ4v) is 2.19. The van der Waals surface area contributed by atoms with Gasteiger partial charge in [0.05, 0.1) is 16.3 Å². The number of halogens is 4. The van der Waals surface area contributed by atoms with E-state index in [1.807, 2.05) is 0 Å². The van der Waals surface area contributed by atoms with Crippen molar-refractivity contribution in [1.29, 1.82) is 0 Å². The maximum absolute atomic E-state index is 12.6. The molecule has 1 atom stereocenters. The number of allylic oxidation sites excluding steroid dienone is 2. The van der Waals surface area contributed by atoms with E-state index < -0.39 is 11.7 Å². The minimum absolute atomic E-state index is 0.223. The minimum atomic E-state index is -4.37. The molecule has 0 amide bonds. The van der Waals surface area contributed by atoms with E-state index in [2.05, 4.69) is 23.9 Å². The van der Waals surface area contributed by atoms with Crippen LogP contribution >= 0.6 is 11.6 Å². The average Bonchev–Trinajstić information content (AvgIpc) is 2.38. The van der Waals surface area contributed by atoms with E-state index in [-0.39, 0.29) is 10.7 Å². The molecule has 0 fully saturated rings. The van der Waals surface area contributed by atoms with Crippen molar-refractivity contribution in [3.63, 3.8) is 0 Å². The molecule has 2 N–H and O–H groups in total. The van der Waals surface area contributed by atoms with Crippen molar-refractivity contribution < 1.29 is 13.2 Å². The molecule has 0 saturated heterocycles. The summed E-state index contributed by atoms with van der Waals surface area (Å²) in [5.74, 6) is 0.651. The van der Waals surface area contributed by atoms with E-state index in [9.17, 15) is 13.2 Å². The standard InChI is InChI=1S/C14H16ClF3N2/c1-9-2-5-11(6-3-9)19-20-13-8-10(14(16,17)18)4-7-12(13)15/h4-5,7-9,19-20H,2-3,6H2,1H3/t9-/m1/s1. The molecule has 1 aliphatic carbocycles. The Morgan fingerprint density at radius 1 is 1.25 bits per heavy atom. The molecule has 0 aromatic heterocycles. The Hall–Kier alpha value is -1.36. The zero-order chi connectivity index (χ0) is 14.8. The highest BCUT2D eigenvalue weighted by Crippen LogP contribution is 2.33. The van der Waals surface area contributed by atoms with Crippen LogP contribution in [0, 0.1) is 5.92 Å². The highest BCUT2D eigenvalue weighted by Gasteiger charge is 2.30. The van der Waals surface area contributed by atoms with Gasteiger partial charge in [0.15, 0.2) is 0 Å². The number of nitrogens with one attached hydrogen (secondary N) is 2. The van der Waals surface area contributed by atoms with Crippen LogP contribution in [0.15, 0.2) is 30.0 Å². The van der Waals surface area contributed by atoms with Crippen LogP contribution in [0.25, 0.3) is 0 Å². The summed E-state index contributed by atoms with van der Waals surface area (Å²) >= 11 is 5.90. The third-order valence-corrected chi connectivity index (χ3v) is 3.65. The van der Waals surface area contributed by atoms with Gasteiger partial charge in [0.2, 0.25) is 0 Å². The van der Waals surface area contributed by atoms with Gasteiger partial charge in [-0.2, -0.15) is 13.2 Å². The summed E-state index contributed by atoms with van der Waals surface area (Å²) in [6.07, 6.45) is 0.602. The third kappa shape index (κ3) is 3.82. The highest BCUT2D eigenvalue weighted by atomic mass is 35.5. The molecule has 2 nitrogen and oxygen atoms in total. The van der Waals surface area contributed by atoms with E-state index in [1.165, 1.54) is 6.07 Å². The normalized spacial score (nSPS) is 19.4. The quantitative estimate of drug-likeness (QED) is 0.770. The van der Waals surface area contributed by atoms with E-state index in [0.29, 0.717) is 5.92 Å². The lowest BCUT2D eigenvalue weighted by atomic mass is 9.95. The maximum Gasteiger partial charge on any atom is 0.416 e. The van der Waals surface area contributed by atoms with Crippen LogP contribution in [-0.2, 0) is 6.18 Å². The van der Waals surface area contributed by atoms with Crippen molar-refractivity contribution in [1.82, 2.24) is 5.43 Å². The zero-order valence-electron chi connectivity index (χ0n) is 11.0. The van der Waals surface area contributed by atoms with Gasteiger partial charge in [-0.25, -0.2) is 0 Å². The second-order valence-electron chi connectivity index (χ2n) is 5.05. The number of hydrogen-bond donors (Lipinski definition) is 2. The summed E-state index contributed by atoms with van der Waals surface area (Å²) in [5, 5.41) is 0.246. The van der Waals surface area contributed by atoms with Crippen molar-refractivity contribution in [3.8, 4) is 0 Å². The Bertz CT molecular complexity index is 512. The molecule has 1 aromatic carbocycles. The molecule has 110 valence electrons. The molecular formula is C14H16ClF3N2. The molecule has 0 spiro atoms. The first-order valence-electron chi connectivity index (χ1n) is 6.44. The second kappa shape index (κ2) is 5.95. The van der Waals surface area contributed by atoms with Crippen molar-refractivity contribution >= 4 is 17.3 Å². The summed E-state index contributed by atoms with van der Waals surface area (Å²) in [6.45, 7) is 2.17. The summed E-state index contributed by atoms with van der Waals surface area (Å²) < 4.78 is 37.9. The SMILES string of the molecule is C[C@@H]1CC=C(NNc2cc(C(F)(F)F)ccc2Cl)CC1. The fourth-order valence-electron chi connectivity index (χ4n) is 2.02. The lowest BCUT2D eigenvalue weighted by Crippen LogP contribution is -2.23. The maximum atomic E-state index is 12.6. The van der Waals surface area contributed by atoms with E-state index in [4.69, 9.17) is 11.6 Å². The van der Waals surface area contributed by atoms with Crippen molar-refractivity contribution in [3.05, 3.63) is 40.6 Å². The number of rotatable bonds is 3. The van der Waals surface area contributed by atoms with E-state index >= 15 is 0 Å². The first kappa shape index (κ1) is 15.0. The van der Waals surface area contributed by atoms with Crippen LogP contribution in [0.5, 0.6) is 0 Å². The molecule has 1 aliphatic rings. The first-order valence-corrected chi connectivity index (χ1v) is 6.82. The molecule has 0 aliphatic heterocycles. The highest BCUT2D eigenvalue weighted by molar-refractivity contribution is 6.33. The van der Waals surface area contributed by atoms with Crippen LogP contribution < -0.4 is 10.9 Å². The average molecular weight is 305 g/mol. The van der Waals surface area contributed by atoms with Crippen LogP contribution in [0.4, 0.5) is 18.9 Å². The van der Waals surface area contributed by atoms with E-state index in [1.54, 1.807) is 0 Å². The lowest BCUT2D eigenvalue weighted by Gasteiger charge is -2.21. The number of alkyl halides is 3. The minimum Gasteiger partial charge on any atom is -0.305 e. The van der Waals surface area contributed by atoms with E-state index in [0.717, 1.165) is 37.1 Å². The topological polar surface area (TPSA) is 24.1 Å². The number of hydrogen-bond acceptors (Lipinski definition) is 2. The molecule has 0 unspecified atom stereocenters. The summed E-state index contributed by atoms with van der Waals surface area (Å²) in [6, 6.07) is 3.21. The molecule has 2 rings (SSSR count). The molecule has 0 bridgehead atoms. The first-order chi connectivity index (χ1) is 9.36. The lowest BCUT2D eigenvalue weighted by molar-refractivity contribution is -0.137. The van der Waals surface area contributed by atoms with Crippen molar-refractivity contribution in [2.45, 2.75) is 32.4 Å². The van der Waals surface area contributed by atoms with Gasteiger partial charge >= 0.3 is 6.18 Å². The molecule has 0 heterocycles. The monoisotopic (exact) mass is 304 g/mol. The van der Waals surface area contributed by atoms with Crippen molar-refractivity contribution in [2.24, 2.45) is 5.92 Å². The Morgan fingerprint density at radius 3 is 2.60 bits per heavy atom. The molecule has 0 radical (unpaired) electrons. The van der Waals surface area contributed by atoms with Crippen LogP contribution in [0.3, 0.4) is 0 Å².